The van der Waals surface area contributed by atoms with Crippen LogP contribution in [0.3, 0.4) is 0 Å². The molecule has 0 amide bonds. The van der Waals surface area contributed by atoms with E-state index >= 15 is 0 Å². The molecule has 3 nitrogen and oxygen atoms in total. The zero-order valence-electron chi connectivity index (χ0n) is 8.03. The van der Waals surface area contributed by atoms with Gasteiger partial charge in [-0.1, -0.05) is 0 Å². The molecule has 0 saturated heterocycles. The zero-order chi connectivity index (χ0) is 10.8. The average molecular weight is 205 g/mol. The Morgan fingerprint density at radius 2 is 2.20 bits per heavy atom. The molecule has 1 aromatic heterocycles. The lowest BCUT2D eigenvalue weighted by Gasteiger charge is -2.05. The third-order valence-electron chi connectivity index (χ3n) is 2.09. The fraction of sp³-hybridized carbons (Fsp3) is 0.0909. The first-order valence-corrected chi connectivity index (χ1v) is 4.34. The lowest BCUT2D eigenvalue weighted by molar-refractivity contribution is 0.111. The summed E-state index contributed by atoms with van der Waals surface area (Å²) in [5.74, 6) is 0.0862. The predicted molar refractivity (Wildman–Crippen MR) is 53.6 cm³/mol. The Hall–Kier alpha value is -1.97. The first kappa shape index (κ1) is 9.58. The number of ether oxygens (including phenoxy) is 1. The molecule has 0 spiro atoms. The molecule has 0 fully saturated rings. The first-order chi connectivity index (χ1) is 7.24. The van der Waals surface area contributed by atoms with Crippen molar-refractivity contribution in [1.29, 1.82) is 0 Å². The Morgan fingerprint density at radius 3 is 2.87 bits per heavy atom. The Bertz CT molecular complexity index is 525. The summed E-state index contributed by atoms with van der Waals surface area (Å²) in [6.07, 6.45) is 0.630. The van der Waals surface area contributed by atoms with Crippen molar-refractivity contribution in [2.45, 2.75) is 0 Å². The van der Waals surface area contributed by atoms with Crippen molar-refractivity contribution >= 4 is 17.2 Å². The number of hydrogen-bond donors (Lipinski definition) is 0. The van der Waals surface area contributed by atoms with Gasteiger partial charge in [-0.2, -0.15) is 0 Å². The maximum Gasteiger partial charge on any atom is 0.168 e. The molecule has 1 aromatic carbocycles. The van der Waals surface area contributed by atoms with Crippen LogP contribution in [0, 0.1) is 5.82 Å². The molecule has 0 aliphatic rings. The molecular formula is C11H8FNO2. The van der Waals surface area contributed by atoms with Crippen LogP contribution >= 0.6 is 0 Å². The Morgan fingerprint density at radius 1 is 1.40 bits per heavy atom. The predicted octanol–water partition coefficient (Wildman–Crippen LogP) is 2.20. The van der Waals surface area contributed by atoms with E-state index in [1.54, 1.807) is 0 Å². The number of benzene rings is 1. The van der Waals surface area contributed by atoms with Crippen LogP contribution in [0.5, 0.6) is 5.75 Å². The van der Waals surface area contributed by atoms with Gasteiger partial charge in [0.2, 0.25) is 0 Å². The number of nitrogens with zero attached hydrogens (tertiary/aromatic N) is 1. The molecule has 0 bridgehead atoms. The van der Waals surface area contributed by atoms with Crippen molar-refractivity contribution in [1.82, 2.24) is 4.98 Å². The van der Waals surface area contributed by atoms with Crippen molar-refractivity contribution in [2.24, 2.45) is 0 Å². The monoisotopic (exact) mass is 205 g/mol. The van der Waals surface area contributed by atoms with Gasteiger partial charge in [0.1, 0.15) is 17.3 Å². The minimum atomic E-state index is -0.360. The van der Waals surface area contributed by atoms with Crippen LogP contribution in [-0.4, -0.2) is 18.4 Å². The first-order valence-electron chi connectivity index (χ1n) is 4.34. The molecule has 15 heavy (non-hydrogen) atoms. The zero-order valence-corrected chi connectivity index (χ0v) is 8.03. The maximum atomic E-state index is 13.0. The second-order valence-corrected chi connectivity index (χ2v) is 3.03. The van der Waals surface area contributed by atoms with Gasteiger partial charge in [0.05, 0.1) is 12.6 Å². The molecule has 1 heterocycles. The van der Waals surface area contributed by atoms with Gasteiger partial charge in [-0.05, 0) is 18.2 Å². The summed E-state index contributed by atoms with van der Waals surface area (Å²) in [5, 5.41) is 0.558. The second kappa shape index (κ2) is 3.65. The molecular weight excluding hydrogens is 197 g/mol. The van der Waals surface area contributed by atoms with Crippen molar-refractivity contribution in [3.05, 3.63) is 35.8 Å². The molecule has 76 valence electrons. The summed E-state index contributed by atoms with van der Waals surface area (Å²) in [7, 11) is 1.47. The Kier molecular flexibility index (Phi) is 2.33. The van der Waals surface area contributed by atoms with Gasteiger partial charge in [0.25, 0.3) is 0 Å². The number of rotatable bonds is 2. The number of aldehydes is 1. The van der Waals surface area contributed by atoms with E-state index in [0.29, 0.717) is 22.9 Å². The topological polar surface area (TPSA) is 39.2 Å². The number of carbonyl (C=O) groups excluding carboxylic acids is 1. The minimum absolute atomic E-state index is 0.269. The van der Waals surface area contributed by atoms with Crippen LogP contribution in [0.15, 0.2) is 24.3 Å². The van der Waals surface area contributed by atoms with E-state index in [1.165, 1.54) is 31.4 Å². The summed E-state index contributed by atoms with van der Waals surface area (Å²) < 4.78 is 18.0. The van der Waals surface area contributed by atoms with Gasteiger partial charge < -0.3 is 4.74 Å². The smallest absolute Gasteiger partial charge is 0.168 e. The van der Waals surface area contributed by atoms with E-state index in [9.17, 15) is 9.18 Å². The van der Waals surface area contributed by atoms with Gasteiger partial charge >= 0.3 is 0 Å². The highest BCUT2D eigenvalue weighted by Gasteiger charge is 2.06. The van der Waals surface area contributed by atoms with Crippen molar-refractivity contribution in [3.8, 4) is 5.75 Å². The third kappa shape index (κ3) is 1.66. The molecule has 4 heteroatoms. The molecule has 0 saturated carbocycles. The fourth-order valence-electron chi connectivity index (χ4n) is 1.42. The third-order valence-corrected chi connectivity index (χ3v) is 2.09. The second-order valence-electron chi connectivity index (χ2n) is 3.03. The quantitative estimate of drug-likeness (QED) is 0.705. The van der Waals surface area contributed by atoms with E-state index in [1.807, 2.05) is 0 Å². The van der Waals surface area contributed by atoms with Crippen LogP contribution in [0.4, 0.5) is 4.39 Å². The molecule has 0 aliphatic heterocycles. The van der Waals surface area contributed by atoms with Crippen molar-refractivity contribution in [2.75, 3.05) is 7.11 Å². The number of halogens is 1. The normalized spacial score (nSPS) is 10.3. The lowest BCUT2D eigenvalue weighted by Crippen LogP contribution is -1.93. The SMILES string of the molecule is COc1cc(C=O)nc2ccc(F)cc12. The number of hydrogen-bond acceptors (Lipinski definition) is 3. The van der Waals surface area contributed by atoms with Gasteiger partial charge in [-0.3, -0.25) is 4.79 Å². The number of fused-ring (bicyclic) bond motifs is 1. The molecule has 2 rings (SSSR count). The van der Waals surface area contributed by atoms with E-state index < -0.39 is 0 Å². The van der Waals surface area contributed by atoms with Crippen molar-refractivity contribution in [3.63, 3.8) is 0 Å². The lowest BCUT2D eigenvalue weighted by atomic mass is 10.2. The molecule has 0 aliphatic carbocycles. The summed E-state index contributed by atoms with van der Waals surface area (Å²) in [6, 6.07) is 5.62. The highest BCUT2D eigenvalue weighted by Crippen LogP contribution is 2.25. The van der Waals surface area contributed by atoms with Crippen LogP contribution < -0.4 is 4.74 Å². The Balaban J connectivity index is 2.80. The molecule has 2 aromatic rings. The highest BCUT2D eigenvalue weighted by molar-refractivity contribution is 5.88. The van der Waals surface area contributed by atoms with Gasteiger partial charge in [-0.25, -0.2) is 9.37 Å². The van der Waals surface area contributed by atoms with E-state index in [-0.39, 0.29) is 11.5 Å². The fourth-order valence-corrected chi connectivity index (χ4v) is 1.42. The Labute approximate surface area is 85.5 Å². The summed E-state index contributed by atoms with van der Waals surface area (Å²) in [4.78, 5) is 14.6. The molecule has 0 N–H and O–H groups in total. The van der Waals surface area contributed by atoms with Crippen LogP contribution in [-0.2, 0) is 0 Å². The molecule has 0 unspecified atom stereocenters. The van der Waals surface area contributed by atoms with Crippen LogP contribution in [0.2, 0.25) is 0 Å². The summed E-state index contributed by atoms with van der Waals surface area (Å²) >= 11 is 0. The summed E-state index contributed by atoms with van der Waals surface area (Å²) in [5.41, 5.74) is 0.809. The minimum Gasteiger partial charge on any atom is -0.496 e. The van der Waals surface area contributed by atoms with E-state index in [4.69, 9.17) is 4.74 Å². The largest absolute Gasteiger partial charge is 0.496 e. The van der Waals surface area contributed by atoms with Gasteiger partial charge in [-0.15, -0.1) is 0 Å². The van der Waals surface area contributed by atoms with Crippen LogP contribution in [0.25, 0.3) is 10.9 Å². The van der Waals surface area contributed by atoms with Gasteiger partial charge in [0.15, 0.2) is 6.29 Å². The maximum absolute atomic E-state index is 13.0. The molecule has 0 atom stereocenters. The molecule has 0 radical (unpaired) electrons. The van der Waals surface area contributed by atoms with E-state index in [2.05, 4.69) is 4.98 Å². The highest BCUT2D eigenvalue weighted by atomic mass is 19.1. The van der Waals surface area contributed by atoms with Crippen molar-refractivity contribution < 1.29 is 13.9 Å². The number of carbonyl (C=O) groups is 1. The van der Waals surface area contributed by atoms with Gasteiger partial charge in [0, 0.05) is 11.5 Å². The number of methoxy groups -OCH3 is 1. The number of aromatic nitrogens is 1. The average Bonchev–Trinajstić information content (AvgIpc) is 2.27. The summed E-state index contributed by atoms with van der Waals surface area (Å²) in [6.45, 7) is 0. The standard InChI is InChI=1S/C11H8FNO2/c1-15-11-5-8(6-14)13-10-3-2-7(12)4-9(10)11/h2-6H,1H3. The number of pyridine rings is 1. The van der Waals surface area contributed by atoms with Crippen LogP contribution in [0.1, 0.15) is 10.5 Å². The van der Waals surface area contributed by atoms with E-state index in [0.717, 1.165) is 0 Å².